The third-order valence-electron chi connectivity index (χ3n) is 6.86. The molecule has 2 unspecified atom stereocenters. The summed E-state index contributed by atoms with van der Waals surface area (Å²) >= 11 is 4.90. The van der Waals surface area contributed by atoms with Crippen molar-refractivity contribution in [1.82, 2.24) is 4.90 Å². The molecular weight excluding hydrogens is 464 g/mol. The molecule has 12 heteroatoms. The van der Waals surface area contributed by atoms with E-state index in [2.05, 4.69) is 5.32 Å². The minimum atomic E-state index is -2.67. The lowest BCUT2D eigenvalue weighted by atomic mass is 9.57. The van der Waals surface area contributed by atoms with Crippen LogP contribution in [0.25, 0.3) is 5.76 Å². The molecule has 0 aliphatic heterocycles. The van der Waals surface area contributed by atoms with Crippen molar-refractivity contribution in [2.45, 2.75) is 24.5 Å². The number of fused-ring (bicyclic) bond motifs is 3. The highest BCUT2D eigenvalue weighted by Crippen LogP contribution is 2.53. The van der Waals surface area contributed by atoms with E-state index in [0.29, 0.717) is 11.3 Å². The molecule has 3 aliphatic carbocycles. The first kappa shape index (κ1) is 23.7. The molecule has 34 heavy (non-hydrogen) atoms. The van der Waals surface area contributed by atoms with Gasteiger partial charge in [0.2, 0.25) is 5.78 Å². The fourth-order valence-corrected chi connectivity index (χ4v) is 5.60. The zero-order valence-electron chi connectivity index (χ0n) is 18.3. The molecule has 1 fully saturated rings. The van der Waals surface area contributed by atoms with Gasteiger partial charge in [-0.15, -0.1) is 0 Å². The number of aromatic hydroxyl groups is 1. The number of phenols is 1. The predicted molar refractivity (Wildman–Crippen MR) is 125 cm³/mol. The smallest absolute Gasteiger partial charge is 0.255 e. The van der Waals surface area contributed by atoms with E-state index in [9.17, 15) is 34.8 Å². The molecule has 4 atom stereocenters. The van der Waals surface area contributed by atoms with Crippen LogP contribution in [0.3, 0.4) is 0 Å². The third kappa shape index (κ3) is 3.10. The average molecular weight is 489 g/mol. The van der Waals surface area contributed by atoms with Crippen LogP contribution in [0.1, 0.15) is 17.5 Å². The first-order chi connectivity index (χ1) is 15.8. The zero-order chi connectivity index (χ0) is 25.3. The Morgan fingerprint density at radius 2 is 1.85 bits per heavy atom. The number of thiocarbonyl (C=S) groups is 1. The highest BCUT2D eigenvalue weighted by Gasteiger charge is 2.64. The van der Waals surface area contributed by atoms with Gasteiger partial charge in [0, 0.05) is 17.2 Å². The molecule has 9 N–H and O–H groups in total. The Hall–Kier alpha value is -3.48. The quantitative estimate of drug-likeness (QED) is 0.166. The summed E-state index contributed by atoms with van der Waals surface area (Å²) in [5.41, 5.74) is 7.95. The number of hydrogen-bond acceptors (Lipinski definition) is 9. The van der Waals surface area contributed by atoms with Gasteiger partial charge in [0.15, 0.2) is 16.5 Å². The second-order valence-corrected chi connectivity index (χ2v) is 9.38. The van der Waals surface area contributed by atoms with Gasteiger partial charge in [-0.2, -0.15) is 0 Å². The molecule has 1 aromatic rings. The Balaban J connectivity index is 1.97. The van der Waals surface area contributed by atoms with Gasteiger partial charge in [-0.1, -0.05) is 0 Å². The van der Waals surface area contributed by atoms with Crippen LogP contribution in [0.2, 0.25) is 0 Å². The molecule has 0 heterocycles. The van der Waals surface area contributed by atoms with Crippen molar-refractivity contribution in [1.29, 1.82) is 0 Å². The van der Waals surface area contributed by atoms with E-state index in [-0.39, 0.29) is 34.8 Å². The minimum absolute atomic E-state index is 0.00602. The summed E-state index contributed by atoms with van der Waals surface area (Å²) in [6.45, 7) is 0. The number of carbonyl (C=O) groups is 3. The van der Waals surface area contributed by atoms with E-state index in [0.717, 1.165) is 0 Å². The molecule has 1 saturated carbocycles. The Labute approximate surface area is 199 Å². The number of primary amides is 1. The number of nitrogens with two attached hydrogens (primary N) is 2. The number of anilines is 1. The lowest BCUT2D eigenvalue weighted by molar-refractivity contribution is -0.153. The second-order valence-electron chi connectivity index (χ2n) is 8.94. The second kappa shape index (κ2) is 7.79. The number of carbonyl (C=O) groups excluding carboxylic acids is 3. The molecule has 3 aliphatic rings. The molecule has 1 amide bonds. The van der Waals surface area contributed by atoms with Gasteiger partial charge < -0.3 is 37.2 Å². The SMILES string of the molecule is CN(C)[C@@H]1C(=O)C(C(N)=O)=C(O)[C@@]2(O)C(=O)C3=C(O)c4c(O)ccc(NC(N)=S)c4CC3CC12. The Kier molecular flexibility index (Phi) is 5.42. The van der Waals surface area contributed by atoms with Crippen molar-refractivity contribution in [3.63, 3.8) is 0 Å². The highest BCUT2D eigenvalue weighted by atomic mass is 32.1. The van der Waals surface area contributed by atoms with Crippen molar-refractivity contribution >= 4 is 46.3 Å². The summed E-state index contributed by atoms with van der Waals surface area (Å²) < 4.78 is 0. The number of hydrogen-bond donors (Lipinski definition) is 7. The van der Waals surface area contributed by atoms with Gasteiger partial charge in [0.05, 0.1) is 11.6 Å². The Morgan fingerprint density at radius 1 is 1.21 bits per heavy atom. The lowest BCUT2D eigenvalue weighted by Crippen LogP contribution is -2.65. The summed E-state index contributed by atoms with van der Waals surface area (Å²) in [4.78, 5) is 40.1. The van der Waals surface area contributed by atoms with Crippen LogP contribution in [0.5, 0.6) is 5.75 Å². The summed E-state index contributed by atoms with van der Waals surface area (Å²) in [5, 5.41) is 46.6. The van der Waals surface area contributed by atoms with Gasteiger partial charge in [-0.05, 0) is 62.8 Å². The summed E-state index contributed by atoms with van der Waals surface area (Å²) in [6.07, 6.45) is 0.127. The van der Waals surface area contributed by atoms with Crippen LogP contribution in [-0.2, 0) is 20.8 Å². The van der Waals surface area contributed by atoms with E-state index in [4.69, 9.17) is 23.7 Å². The van der Waals surface area contributed by atoms with E-state index in [1.165, 1.54) is 31.1 Å². The third-order valence-corrected chi connectivity index (χ3v) is 6.96. The van der Waals surface area contributed by atoms with Gasteiger partial charge in [0.1, 0.15) is 22.8 Å². The van der Waals surface area contributed by atoms with Crippen LogP contribution < -0.4 is 16.8 Å². The molecule has 0 bridgehead atoms. The number of nitrogens with one attached hydrogen (secondary N) is 1. The van der Waals surface area contributed by atoms with Crippen LogP contribution in [0.4, 0.5) is 5.69 Å². The highest BCUT2D eigenvalue weighted by molar-refractivity contribution is 7.80. The molecule has 0 spiro atoms. The van der Waals surface area contributed by atoms with Crippen molar-refractivity contribution in [2.75, 3.05) is 19.4 Å². The predicted octanol–water partition coefficient (Wildman–Crippen LogP) is -0.380. The maximum atomic E-state index is 13.7. The molecule has 180 valence electrons. The monoisotopic (exact) mass is 488 g/mol. The van der Waals surface area contributed by atoms with E-state index in [1.807, 2.05) is 0 Å². The molecule has 0 radical (unpaired) electrons. The number of phenolic OH excluding ortho intramolecular Hbond substituents is 1. The molecule has 1 aromatic carbocycles. The van der Waals surface area contributed by atoms with Crippen LogP contribution in [0.15, 0.2) is 29.0 Å². The normalized spacial score (nSPS) is 28.4. The standard InChI is InChI=1S/C22H24N4O7S/c1-26(2)15-9-6-7-5-8-10(25-21(24)34)3-4-11(27)13(8)16(28)12(7)18(30)22(9,33)19(31)14(17(15)29)20(23)32/h3-4,7,9,15,27-28,31,33H,5-6H2,1-2H3,(H2,23,32)(H3,24,25,34)/t7?,9?,15-,22-/m0/s1. The Morgan fingerprint density at radius 3 is 2.41 bits per heavy atom. The summed E-state index contributed by atoms with van der Waals surface area (Å²) in [6, 6.07) is 1.66. The van der Waals surface area contributed by atoms with Gasteiger partial charge in [-0.3, -0.25) is 19.3 Å². The molecule has 0 saturated heterocycles. The van der Waals surface area contributed by atoms with E-state index < -0.39 is 58.0 Å². The number of aliphatic hydroxyl groups excluding tert-OH is 2. The topological polar surface area (TPSA) is 199 Å². The summed E-state index contributed by atoms with van der Waals surface area (Å²) in [7, 11) is 3.07. The van der Waals surface area contributed by atoms with Crippen LogP contribution in [-0.4, -0.2) is 73.7 Å². The molecule has 4 rings (SSSR count). The van der Waals surface area contributed by atoms with Gasteiger partial charge >= 0.3 is 0 Å². The number of rotatable bonds is 3. The molecule has 0 aromatic heterocycles. The van der Waals surface area contributed by atoms with Crippen molar-refractivity contribution < 1.29 is 34.8 Å². The Bertz CT molecular complexity index is 1240. The number of ketones is 2. The van der Waals surface area contributed by atoms with Gasteiger partial charge in [0.25, 0.3) is 5.91 Å². The maximum absolute atomic E-state index is 13.7. The maximum Gasteiger partial charge on any atom is 0.255 e. The number of aliphatic hydroxyl groups is 3. The minimum Gasteiger partial charge on any atom is -0.508 e. The van der Waals surface area contributed by atoms with Crippen LogP contribution in [0, 0.1) is 11.8 Å². The number of amides is 1. The fraction of sp³-hybridized carbons (Fsp3) is 0.364. The number of benzene rings is 1. The lowest BCUT2D eigenvalue weighted by Gasteiger charge is -2.50. The molecule has 11 nitrogen and oxygen atoms in total. The van der Waals surface area contributed by atoms with Crippen molar-refractivity contribution in [3.05, 3.63) is 40.2 Å². The number of Topliss-reactive ketones (excluding diaryl/α,β-unsaturated/α-hetero) is 2. The van der Waals surface area contributed by atoms with Crippen LogP contribution >= 0.6 is 12.2 Å². The first-order valence-corrected chi connectivity index (χ1v) is 10.8. The van der Waals surface area contributed by atoms with Gasteiger partial charge in [-0.25, -0.2) is 0 Å². The van der Waals surface area contributed by atoms with Crippen molar-refractivity contribution in [3.8, 4) is 5.75 Å². The molecular formula is C22H24N4O7S. The largest absolute Gasteiger partial charge is 0.508 e. The van der Waals surface area contributed by atoms with E-state index >= 15 is 0 Å². The average Bonchev–Trinajstić information content (AvgIpc) is 2.72. The fourth-order valence-electron chi connectivity index (χ4n) is 5.49. The summed E-state index contributed by atoms with van der Waals surface area (Å²) in [5.74, 6) is -7.02. The number of likely N-dealkylation sites (N-methyl/N-ethyl adjacent to an activating group) is 1. The number of nitrogens with zero attached hydrogens (tertiary/aromatic N) is 1. The zero-order valence-corrected chi connectivity index (χ0v) is 19.1. The van der Waals surface area contributed by atoms with Crippen molar-refractivity contribution in [2.24, 2.45) is 23.3 Å². The first-order valence-electron chi connectivity index (χ1n) is 10.4. The van der Waals surface area contributed by atoms with E-state index in [1.54, 1.807) is 0 Å².